The summed E-state index contributed by atoms with van der Waals surface area (Å²) in [6, 6.07) is 12.6. The molecule has 1 aliphatic heterocycles. The summed E-state index contributed by atoms with van der Waals surface area (Å²) in [5, 5.41) is 17.1. The maximum atomic E-state index is 10.1. The van der Waals surface area contributed by atoms with Crippen LogP contribution in [-0.4, -0.2) is 40.6 Å². The lowest BCUT2D eigenvalue weighted by Crippen LogP contribution is -2.40. The molecule has 0 amide bonds. The van der Waals surface area contributed by atoms with Crippen molar-refractivity contribution in [2.24, 2.45) is 5.92 Å². The number of nitrogens with zero attached hydrogens (tertiary/aromatic N) is 1. The first-order valence-electron chi connectivity index (χ1n) is 10.6. The molecule has 1 heterocycles. The Bertz CT molecular complexity index is 820. The summed E-state index contributed by atoms with van der Waals surface area (Å²) in [5.74, 6) is 1.26. The fourth-order valence-electron chi connectivity index (χ4n) is 3.62. The van der Waals surface area contributed by atoms with Crippen LogP contribution in [-0.2, 0) is 19.5 Å². The minimum Gasteiger partial charge on any atom is -0.504 e. The van der Waals surface area contributed by atoms with Gasteiger partial charge in [-0.05, 0) is 79.8 Å². The van der Waals surface area contributed by atoms with E-state index >= 15 is 0 Å². The van der Waals surface area contributed by atoms with Crippen molar-refractivity contribution in [3.05, 3.63) is 53.1 Å². The first-order valence-corrected chi connectivity index (χ1v) is 11.8. The van der Waals surface area contributed by atoms with Crippen molar-refractivity contribution in [2.75, 3.05) is 20.0 Å². The van der Waals surface area contributed by atoms with E-state index in [2.05, 4.69) is 57.0 Å². The minimum atomic E-state index is 0.107. The van der Waals surface area contributed by atoms with Crippen LogP contribution in [0.25, 0.3) is 0 Å². The number of ether oxygens (including phenoxy) is 1. The number of hydrogen-bond acceptors (Lipinski definition) is 5. The van der Waals surface area contributed by atoms with Gasteiger partial charge in [0.15, 0.2) is 11.5 Å². The van der Waals surface area contributed by atoms with Crippen LogP contribution in [0.4, 0.5) is 0 Å². The number of rotatable bonds is 8. The number of aryl methyl sites for hydroxylation is 1. The number of phenols is 1. The molecule has 0 aromatic heterocycles. The van der Waals surface area contributed by atoms with Crippen molar-refractivity contribution < 1.29 is 14.9 Å². The first-order chi connectivity index (χ1) is 14.3. The second kappa shape index (κ2) is 11.1. The van der Waals surface area contributed by atoms with Crippen molar-refractivity contribution >= 4 is 11.8 Å². The molecule has 4 nitrogen and oxygen atoms in total. The molecule has 0 fully saturated rings. The Morgan fingerprint density at radius 3 is 2.43 bits per heavy atom. The summed E-state index contributed by atoms with van der Waals surface area (Å²) in [6.45, 7) is 11.6. The highest BCUT2D eigenvalue weighted by atomic mass is 32.2. The Kier molecular flexibility index (Phi) is 9.08. The molecule has 0 atom stereocenters. The van der Waals surface area contributed by atoms with Gasteiger partial charge in [-0.25, -0.2) is 0 Å². The predicted octanol–water partition coefficient (Wildman–Crippen LogP) is 5.48. The Hall–Kier alpha value is -1.69. The fraction of sp³-hybridized carbons (Fsp3) is 0.520. The second-order valence-corrected chi connectivity index (χ2v) is 9.69. The topological polar surface area (TPSA) is 52.9 Å². The molecule has 166 valence electrons. The van der Waals surface area contributed by atoms with Crippen molar-refractivity contribution in [3.8, 4) is 11.5 Å². The molecular formula is C25H37NO3S. The zero-order chi connectivity index (χ0) is 22.3. The monoisotopic (exact) mass is 431 g/mol. The van der Waals surface area contributed by atoms with E-state index in [0.717, 1.165) is 33.0 Å². The molecule has 30 heavy (non-hydrogen) atoms. The molecule has 0 radical (unpaired) electrons. The van der Waals surface area contributed by atoms with Crippen molar-refractivity contribution in [2.45, 2.75) is 64.1 Å². The van der Waals surface area contributed by atoms with Gasteiger partial charge in [0.25, 0.3) is 0 Å². The Labute approximate surface area is 186 Å². The normalized spacial score (nSPS) is 13.7. The maximum absolute atomic E-state index is 10.1. The Balaban J connectivity index is 0.00000155. The molecule has 2 N–H and O–H groups in total. The third-order valence-electron chi connectivity index (χ3n) is 5.61. The SMILES string of the molecule is CO.CSc1ccc2c(c1)CN(C(C)(C)CCc1ccc(O)c(OCC(C)C)c1)C2. The highest BCUT2D eigenvalue weighted by Gasteiger charge is 2.31. The van der Waals surface area contributed by atoms with E-state index in [1.807, 2.05) is 23.9 Å². The molecular weight excluding hydrogens is 394 g/mol. The summed E-state index contributed by atoms with van der Waals surface area (Å²) in [5.41, 5.74) is 4.25. The van der Waals surface area contributed by atoms with Crippen LogP contribution in [0, 0.1) is 5.92 Å². The molecule has 1 aliphatic rings. The van der Waals surface area contributed by atoms with E-state index in [4.69, 9.17) is 9.84 Å². The molecule has 0 saturated heterocycles. The number of benzene rings is 2. The Morgan fingerprint density at radius 2 is 1.77 bits per heavy atom. The lowest BCUT2D eigenvalue weighted by Gasteiger charge is -2.35. The van der Waals surface area contributed by atoms with E-state index in [0.29, 0.717) is 18.3 Å². The Morgan fingerprint density at radius 1 is 1.07 bits per heavy atom. The van der Waals surface area contributed by atoms with Gasteiger partial charge in [-0.1, -0.05) is 26.0 Å². The molecule has 5 heteroatoms. The minimum absolute atomic E-state index is 0.107. The molecule has 0 saturated carbocycles. The molecule has 0 aliphatic carbocycles. The molecule has 0 unspecified atom stereocenters. The van der Waals surface area contributed by atoms with Crippen molar-refractivity contribution in [1.29, 1.82) is 0 Å². The molecule has 3 rings (SSSR count). The lowest BCUT2D eigenvalue weighted by atomic mass is 9.93. The maximum Gasteiger partial charge on any atom is 0.161 e. The molecule has 0 bridgehead atoms. The van der Waals surface area contributed by atoms with Gasteiger partial charge in [-0.15, -0.1) is 11.8 Å². The number of fused-ring (bicyclic) bond motifs is 1. The average molecular weight is 432 g/mol. The molecule has 0 spiro atoms. The van der Waals surface area contributed by atoms with Gasteiger partial charge in [0.2, 0.25) is 0 Å². The largest absolute Gasteiger partial charge is 0.504 e. The van der Waals surface area contributed by atoms with Gasteiger partial charge >= 0.3 is 0 Å². The first kappa shape index (κ1) is 24.6. The highest BCUT2D eigenvalue weighted by molar-refractivity contribution is 7.98. The zero-order valence-electron chi connectivity index (χ0n) is 19.2. The van der Waals surface area contributed by atoms with Gasteiger partial charge in [0.1, 0.15) is 0 Å². The third-order valence-corrected chi connectivity index (χ3v) is 6.34. The van der Waals surface area contributed by atoms with Crippen LogP contribution >= 0.6 is 11.8 Å². The van der Waals surface area contributed by atoms with Crippen LogP contribution in [0.1, 0.15) is 50.8 Å². The van der Waals surface area contributed by atoms with Gasteiger partial charge in [-0.2, -0.15) is 0 Å². The summed E-state index contributed by atoms with van der Waals surface area (Å²) in [4.78, 5) is 3.93. The van der Waals surface area contributed by atoms with Crippen LogP contribution in [0.15, 0.2) is 41.3 Å². The van der Waals surface area contributed by atoms with E-state index in [9.17, 15) is 5.11 Å². The van der Waals surface area contributed by atoms with E-state index in [1.165, 1.54) is 21.6 Å². The predicted molar refractivity (Wildman–Crippen MR) is 126 cm³/mol. The highest BCUT2D eigenvalue weighted by Crippen LogP contribution is 2.34. The third kappa shape index (κ3) is 6.40. The van der Waals surface area contributed by atoms with Gasteiger partial charge < -0.3 is 14.9 Å². The summed E-state index contributed by atoms with van der Waals surface area (Å²) < 4.78 is 5.77. The number of thioether (sulfide) groups is 1. The summed E-state index contributed by atoms with van der Waals surface area (Å²) >= 11 is 1.81. The van der Waals surface area contributed by atoms with E-state index in [-0.39, 0.29) is 11.3 Å². The van der Waals surface area contributed by atoms with E-state index in [1.54, 1.807) is 6.07 Å². The number of aliphatic hydroxyl groups excluding tert-OH is 1. The number of hydrogen-bond donors (Lipinski definition) is 2. The van der Waals surface area contributed by atoms with Gasteiger partial charge in [0.05, 0.1) is 6.61 Å². The van der Waals surface area contributed by atoms with Gasteiger partial charge in [-0.3, -0.25) is 4.90 Å². The fourth-order valence-corrected chi connectivity index (χ4v) is 4.08. The van der Waals surface area contributed by atoms with Crippen molar-refractivity contribution in [3.63, 3.8) is 0 Å². The lowest BCUT2D eigenvalue weighted by molar-refractivity contribution is 0.109. The molecule has 2 aromatic carbocycles. The number of aliphatic hydroxyl groups is 1. The summed E-state index contributed by atoms with van der Waals surface area (Å²) in [6.07, 6.45) is 4.16. The van der Waals surface area contributed by atoms with Crippen LogP contribution in [0.3, 0.4) is 0 Å². The standard InChI is InChI=1S/C24H33NO2S.CH4O/c1-17(2)16-27-23-12-18(6-9-22(23)26)10-11-24(3,4)25-14-19-7-8-21(28-5)13-20(19)15-25;1-2/h6-9,12-13,17,26H,10-11,14-16H2,1-5H3;2H,1H3. The molecule has 2 aromatic rings. The summed E-state index contributed by atoms with van der Waals surface area (Å²) in [7, 11) is 1.00. The average Bonchev–Trinajstić information content (AvgIpc) is 3.18. The van der Waals surface area contributed by atoms with Crippen molar-refractivity contribution in [1.82, 2.24) is 4.90 Å². The number of phenolic OH excluding ortho intramolecular Hbond substituents is 1. The van der Waals surface area contributed by atoms with Gasteiger partial charge in [0, 0.05) is 30.6 Å². The second-order valence-electron chi connectivity index (χ2n) is 8.81. The quantitative estimate of drug-likeness (QED) is 0.542. The smallest absolute Gasteiger partial charge is 0.161 e. The van der Waals surface area contributed by atoms with Crippen LogP contribution in [0.2, 0.25) is 0 Å². The number of aromatic hydroxyl groups is 1. The zero-order valence-corrected chi connectivity index (χ0v) is 20.1. The van der Waals surface area contributed by atoms with Crippen LogP contribution < -0.4 is 4.74 Å². The van der Waals surface area contributed by atoms with E-state index < -0.39 is 0 Å². The van der Waals surface area contributed by atoms with Crippen LogP contribution in [0.5, 0.6) is 11.5 Å².